The average Bonchev–Trinajstić information content (AvgIpc) is 3.28. The Labute approximate surface area is 158 Å². The number of rotatable bonds is 3. The van der Waals surface area contributed by atoms with Gasteiger partial charge in [-0.1, -0.05) is 30.0 Å². The molecule has 4 heterocycles. The Morgan fingerprint density at radius 1 is 1.07 bits per heavy atom. The molecule has 5 rings (SSSR count). The Morgan fingerprint density at radius 3 is 2.81 bits per heavy atom. The Kier molecular flexibility index (Phi) is 3.54. The first-order valence-electron chi connectivity index (χ1n) is 8.52. The van der Waals surface area contributed by atoms with Crippen molar-refractivity contribution >= 4 is 34.1 Å². The molecule has 0 bridgehead atoms. The van der Waals surface area contributed by atoms with Crippen molar-refractivity contribution < 1.29 is 0 Å². The van der Waals surface area contributed by atoms with Crippen molar-refractivity contribution in [2.75, 3.05) is 0 Å². The number of thioether (sulfide) groups is 1. The summed E-state index contributed by atoms with van der Waals surface area (Å²) in [4.78, 5) is 17.2. The highest BCUT2D eigenvalue weighted by Gasteiger charge is 2.15. The normalized spacial score (nSPS) is 11.8. The van der Waals surface area contributed by atoms with E-state index in [9.17, 15) is 4.79 Å². The maximum atomic E-state index is 12.5. The summed E-state index contributed by atoms with van der Waals surface area (Å²) < 4.78 is 5.50. The van der Waals surface area contributed by atoms with Crippen molar-refractivity contribution in [3.8, 4) is 0 Å². The molecule has 0 amide bonds. The Balaban J connectivity index is 1.58. The average molecular weight is 376 g/mol. The number of fused-ring (bicyclic) bond motifs is 4. The fraction of sp³-hybridized carbons (Fsp3) is 0.158. The minimum Gasteiger partial charge on any atom is -0.307 e. The van der Waals surface area contributed by atoms with E-state index < -0.39 is 0 Å². The van der Waals surface area contributed by atoms with Crippen molar-refractivity contribution in [1.82, 2.24) is 28.5 Å². The van der Waals surface area contributed by atoms with E-state index in [0.717, 1.165) is 22.0 Å². The quantitative estimate of drug-likeness (QED) is 0.453. The molecule has 0 radical (unpaired) electrons. The molecule has 4 aromatic heterocycles. The second kappa shape index (κ2) is 5.95. The standard InChI is InChI=1S/C19H16N6OS/c1-12-7-8-16-20-13(10-24(16)9-12)11-27-19-22-21-18-23(2)17(26)14-5-3-4-6-15(14)25(18)19/h3-10H,11H2,1-2H3. The van der Waals surface area contributed by atoms with E-state index >= 15 is 0 Å². The van der Waals surface area contributed by atoms with Crippen molar-refractivity contribution in [3.63, 3.8) is 0 Å². The summed E-state index contributed by atoms with van der Waals surface area (Å²) in [5.41, 5.74) is 3.83. The van der Waals surface area contributed by atoms with E-state index in [-0.39, 0.29) is 5.56 Å². The summed E-state index contributed by atoms with van der Waals surface area (Å²) in [6, 6.07) is 11.6. The molecular weight excluding hydrogens is 360 g/mol. The van der Waals surface area contributed by atoms with Crippen LogP contribution >= 0.6 is 11.8 Å². The van der Waals surface area contributed by atoms with E-state index in [4.69, 9.17) is 0 Å². The van der Waals surface area contributed by atoms with Crippen LogP contribution in [0.5, 0.6) is 0 Å². The molecule has 0 aliphatic heterocycles. The molecule has 27 heavy (non-hydrogen) atoms. The van der Waals surface area contributed by atoms with Gasteiger partial charge in [0.25, 0.3) is 5.56 Å². The van der Waals surface area contributed by atoms with Crippen molar-refractivity contribution in [2.45, 2.75) is 17.8 Å². The zero-order chi connectivity index (χ0) is 18.5. The maximum absolute atomic E-state index is 12.5. The number of imidazole rings is 1. The van der Waals surface area contributed by atoms with Crippen LogP contribution in [0.2, 0.25) is 0 Å². The first kappa shape index (κ1) is 16.1. The summed E-state index contributed by atoms with van der Waals surface area (Å²) in [6.45, 7) is 2.06. The molecule has 0 unspecified atom stereocenters. The van der Waals surface area contributed by atoms with Gasteiger partial charge in [-0.2, -0.15) is 0 Å². The van der Waals surface area contributed by atoms with Crippen LogP contribution in [0.15, 0.2) is 58.7 Å². The third-order valence-electron chi connectivity index (χ3n) is 4.59. The monoisotopic (exact) mass is 376 g/mol. The van der Waals surface area contributed by atoms with E-state index in [2.05, 4.69) is 34.4 Å². The fourth-order valence-electron chi connectivity index (χ4n) is 3.27. The minimum absolute atomic E-state index is 0.0715. The molecule has 8 heteroatoms. The molecule has 0 saturated carbocycles. The number of benzene rings is 1. The first-order valence-corrected chi connectivity index (χ1v) is 9.50. The number of nitrogens with zero attached hydrogens (tertiary/aromatic N) is 6. The van der Waals surface area contributed by atoms with Gasteiger partial charge >= 0.3 is 0 Å². The van der Waals surface area contributed by atoms with Crippen LogP contribution in [0.25, 0.3) is 22.3 Å². The van der Waals surface area contributed by atoms with Crippen LogP contribution in [0, 0.1) is 6.92 Å². The number of pyridine rings is 1. The smallest absolute Gasteiger partial charge is 0.262 e. The highest BCUT2D eigenvalue weighted by atomic mass is 32.2. The zero-order valence-electron chi connectivity index (χ0n) is 14.8. The third-order valence-corrected chi connectivity index (χ3v) is 5.56. The number of hydrogen-bond donors (Lipinski definition) is 0. The maximum Gasteiger partial charge on any atom is 0.262 e. The van der Waals surface area contributed by atoms with Gasteiger partial charge in [0.1, 0.15) is 5.65 Å². The highest BCUT2D eigenvalue weighted by molar-refractivity contribution is 7.98. The highest BCUT2D eigenvalue weighted by Crippen LogP contribution is 2.24. The van der Waals surface area contributed by atoms with Crippen molar-refractivity contribution in [3.05, 3.63) is 70.4 Å². The van der Waals surface area contributed by atoms with Gasteiger partial charge in [0, 0.05) is 25.2 Å². The van der Waals surface area contributed by atoms with Crippen LogP contribution in [0.4, 0.5) is 0 Å². The third kappa shape index (κ3) is 2.52. The van der Waals surface area contributed by atoms with E-state index in [1.165, 1.54) is 10.1 Å². The molecule has 0 spiro atoms. The summed E-state index contributed by atoms with van der Waals surface area (Å²) in [5.74, 6) is 1.20. The molecular formula is C19H16N6OS. The molecule has 1 aromatic carbocycles. The molecule has 0 N–H and O–H groups in total. The first-order chi connectivity index (χ1) is 13.1. The van der Waals surface area contributed by atoms with Crippen LogP contribution in [-0.2, 0) is 12.8 Å². The molecule has 0 atom stereocenters. The van der Waals surface area contributed by atoms with Crippen LogP contribution < -0.4 is 5.56 Å². The van der Waals surface area contributed by atoms with Gasteiger partial charge in [-0.15, -0.1) is 10.2 Å². The summed E-state index contributed by atoms with van der Waals surface area (Å²) in [6.07, 6.45) is 4.10. The summed E-state index contributed by atoms with van der Waals surface area (Å²) in [7, 11) is 1.72. The van der Waals surface area contributed by atoms with E-state index in [0.29, 0.717) is 16.9 Å². The van der Waals surface area contributed by atoms with Gasteiger partial charge in [-0.3, -0.25) is 13.8 Å². The number of aryl methyl sites for hydroxylation is 2. The topological polar surface area (TPSA) is 69.5 Å². The Bertz CT molecular complexity index is 1380. The lowest BCUT2D eigenvalue weighted by Gasteiger charge is -2.07. The van der Waals surface area contributed by atoms with Crippen LogP contribution in [0.3, 0.4) is 0 Å². The summed E-state index contributed by atoms with van der Waals surface area (Å²) in [5, 5.41) is 9.93. The molecule has 0 aliphatic rings. The van der Waals surface area contributed by atoms with Gasteiger partial charge in [-0.05, 0) is 30.7 Å². The van der Waals surface area contributed by atoms with Gasteiger partial charge < -0.3 is 4.40 Å². The minimum atomic E-state index is -0.0715. The van der Waals surface area contributed by atoms with Gasteiger partial charge in [-0.25, -0.2) is 4.98 Å². The molecule has 5 aromatic rings. The molecule has 0 aliphatic carbocycles. The number of hydrogen-bond acceptors (Lipinski definition) is 5. The second-order valence-corrected chi connectivity index (χ2v) is 7.43. The largest absolute Gasteiger partial charge is 0.307 e. The molecule has 7 nitrogen and oxygen atoms in total. The van der Waals surface area contributed by atoms with E-state index in [1.54, 1.807) is 18.8 Å². The molecule has 134 valence electrons. The van der Waals surface area contributed by atoms with Gasteiger partial charge in [0.05, 0.1) is 16.6 Å². The lowest BCUT2D eigenvalue weighted by Crippen LogP contribution is -2.20. The Morgan fingerprint density at radius 2 is 1.93 bits per heavy atom. The van der Waals surface area contributed by atoms with Gasteiger partial charge in [0.2, 0.25) is 5.78 Å². The lowest BCUT2D eigenvalue weighted by molar-refractivity contribution is 0.853. The summed E-state index contributed by atoms with van der Waals surface area (Å²) >= 11 is 1.56. The second-order valence-electron chi connectivity index (χ2n) is 6.49. The SMILES string of the molecule is Cc1ccc2nc(CSc3nnc4n(C)c(=O)c5ccccc5n34)cn2c1. The van der Waals surface area contributed by atoms with E-state index in [1.807, 2.05) is 45.3 Å². The van der Waals surface area contributed by atoms with Crippen LogP contribution in [-0.4, -0.2) is 28.5 Å². The molecule has 0 fully saturated rings. The molecule has 0 saturated heterocycles. The lowest BCUT2D eigenvalue weighted by atomic mass is 10.2. The number of aromatic nitrogens is 6. The fourth-order valence-corrected chi connectivity index (χ4v) is 4.09. The van der Waals surface area contributed by atoms with Gasteiger partial charge in [0.15, 0.2) is 5.16 Å². The predicted molar refractivity (Wildman–Crippen MR) is 105 cm³/mol. The predicted octanol–water partition coefficient (Wildman–Crippen LogP) is 2.83. The Hall–Kier alpha value is -3.13. The van der Waals surface area contributed by atoms with Crippen LogP contribution in [0.1, 0.15) is 11.3 Å². The van der Waals surface area contributed by atoms with Crippen molar-refractivity contribution in [2.24, 2.45) is 7.05 Å². The zero-order valence-corrected chi connectivity index (χ0v) is 15.6. The number of para-hydroxylation sites is 1. The van der Waals surface area contributed by atoms with Crippen molar-refractivity contribution in [1.29, 1.82) is 0 Å².